The Balaban J connectivity index is 3.13. The highest BCUT2D eigenvalue weighted by Gasteiger charge is 2.32. The van der Waals surface area contributed by atoms with Crippen molar-refractivity contribution in [3.05, 3.63) is 38.4 Å². The molecule has 0 saturated heterocycles. The van der Waals surface area contributed by atoms with E-state index in [0.717, 1.165) is 12.1 Å². The number of rotatable bonds is 4. The van der Waals surface area contributed by atoms with Crippen molar-refractivity contribution in [1.29, 1.82) is 0 Å². The Bertz CT molecular complexity index is 585. The van der Waals surface area contributed by atoms with Crippen LogP contribution >= 0.6 is 0 Å². The maximum atomic E-state index is 12.2. The molecule has 8 nitrogen and oxygen atoms in total. The maximum absolute atomic E-state index is 12.2. The number of nitrogens with zero attached hydrogens (tertiary/aromatic N) is 3. The number of nitrogens with one attached hydrogen (secondary N) is 1. The second kappa shape index (κ2) is 5.50. The zero-order valence-corrected chi connectivity index (χ0v) is 9.84. The minimum Gasteiger partial charge on any atom is -0.271 e. The summed E-state index contributed by atoms with van der Waals surface area (Å²) in [6.07, 6.45) is -4.68. The highest BCUT2D eigenvalue weighted by atomic mass is 19.4. The number of anilines is 1. The van der Waals surface area contributed by atoms with E-state index in [-0.39, 0.29) is 5.69 Å². The lowest BCUT2D eigenvalue weighted by Crippen LogP contribution is -2.20. The van der Waals surface area contributed by atoms with Gasteiger partial charge in [0.25, 0.3) is 5.69 Å². The third-order valence-corrected chi connectivity index (χ3v) is 2.14. The average Bonchev–Trinajstić information content (AvgIpc) is 2.34. The Hall–Kier alpha value is -2.72. The number of nitro groups is 2. The Labute approximate surface area is 109 Å². The van der Waals surface area contributed by atoms with Crippen LogP contribution in [0.25, 0.3) is 0 Å². The van der Waals surface area contributed by atoms with Crippen LogP contribution in [-0.2, 0) is 0 Å². The molecule has 0 aliphatic heterocycles. The predicted octanol–water partition coefficient (Wildman–Crippen LogP) is 2.85. The molecule has 108 valence electrons. The van der Waals surface area contributed by atoms with E-state index < -0.39 is 33.1 Å². The van der Waals surface area contributed by atoms with Gasteiger partial charge in [-0.25, -0.2) is 0 Å². The minimum atomic E-state index is -4.68. The first-order chi connectivity index (χ1) is 9.12. The quantitative estimate of drug-likeness (QED) is 0.521. The summed E-state index contributed by atoms with van der Waals surface area (Å²) in [5.41, 5.74) is -1.07. The second-order valence-electron chi connectivity index (χ2n) is 3.52. The molecular weight excluding hydrogens is 285 g/mol. The molecule has 1 N–H and O–H groups in total. The van der Waals surface area contributed by atoms with E-state index in [1.807, 2.05) is 5.43 Å². The first-order valence-electron chi connectivity index (χ1n) is 4.93. The summed E-state index contributed by atoms with van der Waals surface area (Å²) in [6, 6.07) is 2.44. The van der Waals surface area contributed by atoms with E-state index in [2.05, 4.69) is 5.10 Å². The summed E-state index contributed by atoms with van der Waals surface area (Å²) in [4.78, 5) is 19.4. The lowest BCUT2D eigenvalue weighted by molar-refractivity contribution is -0.393. The normalized spacial score (nSPS) is 12.1. The van der Waals surface area contributed by atoms with Gasteiger partial charge in [-0.3, -0.25) is 25.7 Å². The summed E-state index contributed by atoms with van der Waals surface area (Å²) >= 11 is 0. The number of hydrogen-bond donors (Lipinski definition) is 1. The third-order valence-electron chi connectivity index (χ3n) is 2.14. The van der Waals surface area contributed by atoms with Gasteiger partial charge in [-0.1, -0.05) is 0 Å². The number of non-ortho nitro benzene ring substituents is 1. The number of halogens is 3. The van der Waals surface area contributed by atoms with Crippen LogP contribution in [0.5, 0.6) is 0 Å². The molecule has 0 saturated carbocycles. The Morgan fingerprint density at radius 3 is 2.30 bits per heavy atom. The molecule has 1 aromatic carbocycles. The lowest BCUT2D eigenvalue weighted by atomic mass is 10.2. The van der Waals surface area contributed by atoms with Crippen molar-refractivity contribution in [3.63, 3.8) is 0 Å². The van der Waals surface area contributed by atoms with Gasteiger partial charge < -0.3 is 0 Å². The van der Waals surface area contributed by atoms with Crippen molar-refractivity contribution in [2.24, 2.45) is 5.10 Å². The van der Waals surface area contributed by atoms with Gasteiger partial charge in [-0.05, 0) is 13.0 Å². The van der Waals surface area contributed by atoms with Crippen molar-refractivity contribution in [3.8, 4) is 0 Å². The van der Waals surface area contributed by atoms with Gasteiger partial charge in [0.2, 0.25) is 0 Å². The fourth-order valence-corrected chi connectivity index (χ4v) is 1.09. The first kappa shape index (κ1) is 15.3. The molecular formula is C9H7F3N4O4. The molecule has 0 unspecified atom stereocenters. The van der Waals surface area contributed by atoms with Gasteiger partial charge in [0, 0.05) is 6.07 Å². The molecule has 0 atom stereocenters. The van der Waals surface area contributed by atoms with E-state index >= 15 is 0 Å². The molecule has 20 heavy (non-hydrogen) atoms. The van der Waals surface area contributed by atoms with E-state index in [0.29, 0.717) is 13.0 Å². The van der Waals surface area contributed by atoms with Crippen molar-refractivity contribution in [2.75, 3.05) is 5.43 Å². The topological polar surface area (TPSA) is 111 Å². The van der Waals surface area contributed by atoms with Crippen molar-refractivity contribution in [2.45, 2.75) is 13.1 Å². The first-order valence-corrected chi connectivity index (χ1v) is 4.93. The maximum Gasteiger partial charge on any atom is 0.430 e. The number of hydrogen-bond acceptors (Lipinski definition) is 6. The molecule has 0 amide bonds. The summed E-state index contributed by atoms with van der Waals surface area (Å²) in [5.74, 6) is 0. The predicted molar refractivity (Wildman–Crippen MR) is 62.5 cm³/mol. The SMILES string of the molecule is C/C(=N\Nc1ccc([N+](=O)[O-])cc1[N+](=O)[O-])C(F)(F)F. The van der Waals surface area contributed by atoms with Crippen LogP contribution < -0.4 is 5.43 Å². The monoisotopic (exact) mass is 292 g/mol. The Kier molecular flexibility index (Phi) is 4.22. The molecule has 1 aromatic rings. The van der Waals surface area contributed by atoms with Crippen molar-refractivity contribution < 1.29 is 23.0 Å². The summed E-state index contributed by atoms with van der Waals surface area (Å²) < 4.78 is 36.6. The van der Waals surface area contributed by atoms with Crippen LogP contribution in [0, 0.1) is 20.2 Å². The van der Waals surface area contributed by atoms with Gasteiger partial charge in [-0.15, -0.1) is 0 Å². The van der Waals surface area contributed by atoms with Crippen molar-refractivity contribution in [1.82, 2.24) is 0 Å². The minimum absolute atomic E-state index is 0.385. The highest BCUT2D eigenvalue weighted by Crippen LogP contribution is 2.29. The van der Waals surface area contributed by atoms with Gasteiger partial charge in [0.1, 0.15) is 11.4 Å². The lowest BCUT2D eigenvalue weighted by Gasteiger charge is -2.06. The Morgan fingerprint density at radius 2 is 1.85 bits per heavy atom. The second-order valence-corrected chi connectivity index (χ2v) is 3.52. The standard InChI is InChI=1S/C9H7F3N4O4/c1-5(9(10,11)12)13-14-7-3-2-6(15(17)18)4-8(7)16(19)20/h2-4,14H,1H3/b13-5+. The van der Waals surface area contributed by atoms with Crippen LogP contribution in [0.2, 0.25) is 0 Å². The molecule has 0 radical (unpaired) electrons. The van der Waals surface area contributed by atoms with Gasteiger partial charge in [0.15, 0.2) is 0 Å². The zero-order chi connectivity index (χ0) is 15.5. The van der Waals surface area contributed by atoms with Crippen molar-refractivity contribution >= 4 is 22.8 Å². The van der Waals surface area contributed by atoms with Crippen LogP contribution in [0.1, 0.15) is 6.92 Å². The molecule has 0 aromatic heterocycles. The largest absolute Gasteiger partial charge is 0.430 e. The van der Waals surface area contributed by atoms with Gasteiger partial charge in [-0.2, -0.15) is 18.3 Å². The fraction of sp³-hybridized carbons (Fsp3) is 0.222. The number of alkyl halides is 3. The van der Waals surface area contributed by atoms with E-state index in [1.54, 1.807) is 0 Å². The molecule has 0 bridgehead atoms. The zero-order valence-electron chi connectivity index (χ0n) is 9.84. The van der Waals surface area contributed by atoms with Crippen LogP contribution in [0.4, 0.5) is 30.2 Å². The van der Waals surface area contributed by atoms with E-state index in [4.69, 9.17) is 0 Å². The highest BCUT2D eigenvalue weighted by molar-refractivity contribution is 5.88. The van der Waals surface area contributed by atoms with E-state index in [9.17, 15) is 33.4 Å². The van der Waals surface area contributed by atoms with Crippen LogP contribution in [0.3, 0.4) is 0 Å². The summed E-state index contributed by atoms with van der Waals surface area (Å²) in [7, 11) is 0. The molecule has 0 fully saturated rings. The number of hydrazone groups is 1. The molecule has 1 rings (SSSR count). The number of nitro benzene ring substituents is 2. The molecule has 0 spiro atoms. The third kappa shape index (κ3) is 3.63. The fourth-order valence-electron chi connectivity index (χ4n) is 1.09. The summed E-state index contributed by atoms with van der Waals surface area (Å²) in [6.45, 7) is 0.671. The Morgan fingerprint density at radius 1 is 1.25 bits per heavy atom. The van der Waals surface area contributed by atoms with Crippen LogP contribution in [-0.4, -0.2) is 21.7 Å². The van der Waals surface area contributed by atoms with Gasteiger partial charge >= 0.3 is 11.9 Å². The average molecular weight is 292 g/mol. The summed E-state index contributed by atoms with van der Waals surface area (Å²) in [5, 5.41) is 24.1. The van der Waals surface area contributed by atoms with E-state index in [1.165, 1.54) is 0 Å². The molecule has 11 heteroatoms. The number of benzene rings is 1. The van der Waals surface area contributed by atoms with Crippen LogP contribution in [0.15, 0.2) is 23.3 Å². The molecule has 0 heterocycles. The molecule has 0 aliphatic rings. The molecule has 0 aliphatic carbocycles. The smallest absolute Gasteiger partial charge is 0.271 e. The van der Waals surface area contributed by atoms with Gasteiger partial charge in [0.05, 0.1) is 15.9 Å².